The number of furan rings is 1. The van der Waals surface area contributed by atoms with Crippen LogP contribution in [0.4, 0.5) is 0 Å². The summed E-state index contributed by atoms with van der Waals surface area (Å²) in [5.41, 5.74) is 1.32. The van der Waals surface area contributed by atoms with E-state index in [0.29, 0.717) is 11.7 Å². The smallest absolute Gasteiger partial charge is 0.246 e. The van der Waals surface area contributed by atoms with Crippen molar-refractivity contribution < 1.29 is 9.21 Å². The normalized spacial score (nSPS) is 18.8. The Balaban J connectivity index is 1.61. The highest BCUT2D eigenvalue weighted by Gasteiger charge is 2.25. The number of nitrogens with zero attached hydrogens (tertiary/aromatic N) is 1. The van der Waals surface area contributed by atoms with E-state index in [2.05, 4.69) is 24.3 Å². The summed E-state index contributed by atoms with van der Waals surface area (Å²) in [5.74, 6) is 1.22. The van der Waals surface area contributed by atoms with Gasteiger partial charge in [0.25, 0.3) is 0 Å². The predicted molar refractivity (Wildman–Crippen MR) is 78.1 cm³/mol. The number of benzene rings is 1. The first kappa shape index (κ1) is 12.7. The third-order valence-electron chi connectivity index (χ3n) is 3.70. The Labute approximate surface area is 118 Å². The van der Waals surface area contributed by atoms with Crippen LogP contribution in [0.3, 0.4) is 0 Å². The molecule has 0 radical (unpaired) electrons. The van der Waals surface area contributed by atoms with E-state index < -0.39 is 0 Å². The fourth-order valence-electron chi connectivity index (χ4n) is 2.60. The molecule has 1 aromatic carbocycles. The maximum Gasteiger partial charge on any atom is 0.246 e. The molecular formula is C17H17NO2. The van der Waals surface area contributed by atoms with Gasteiger partial charge in [0.15, 0.2) is 0 Å². The quantitative estimate of drug-likeness (QED) is 0.799. The summed E-state index contributed by atoms with van der Waals surface area (Å²) in [7, 11) is 0. The van der Waals surface area contributed by atoms with E-state index in [1.807, 2.05) is 23.1 Å². The Morgan fingerprint density at radius 1 is 1.20 bits per heavy atom. The fourth-order valence-corrected chi connectivity index (χ4v) is 2.60. The number of hydrogen-bond donors (Lipinski definition) is 0. The summed E-state index contributed by atoms with van der Waals surface area (Å²) in [6, 6.07) is 14.0. The van der Waals surface area contributed by atoms with Gasteiger partial charge in [0, 0.05) is 25.1 Å². The summed E-state index contributed by atoms with van der Waals surface area (Å²) in [4.78, 5) is 14.0. The Bertz CT molecular complexity index is 587. The molecule has 1 aliphatic rings. The minimum absolute atomic E-state index is 0.0554. The molecule has 1 aromatic heterocycles. The average molecular weight is 267 g/mol. The molecule has 0 aliphatic carbocycles. The second-order valence-corrected chi connectivity index (χ2v) is 5.03. The Kier molecular flexibility index (Phi) is 3.68. The van der Waals surface area contributed by atoms with Gasteiger partial charge in [-0.05, 0) is 30.2 Å². The summed E-state index contributed by atoms with van der Waals surface area (Å²) in [6.07, 6.45) is 5.94. The Morgan fingerprint density at radius 2 is 2.05 bits per heavy atom. The monoisotopic (exact) mass is 267 g/mol. The number of carbonyl (C=O) groups is 1. The van der Waals surface area contributed by atoms with E-state index >= 15 is 0 Å². The molecule has 3 nitrogen and oxygen atoms in total. The first-order valence-electron chi connectivity index (χ1n) is 6.88. The van der Waals surface area contributed by atoms with Crippen molar-refractivity contribution in [2.24, 2.45) is 0 Å². The molecule has 0 saturated carbocycles. The van der Waals surface area contributed by atoms with E-state index in [-0.39, 0.29) is 5.91 Å². The van der Waals surface area contributed by atoms with Crippen LogP contribution >= 0.6 is 0 Å². The van der Waals surface area contributed by atoms with Gasteiger partial charge < -0.3 is 9.32 Å². The zero-order chi connectivity index (χ0) is 13.8. The lowest BCUT2D eigenvalue weighted by molar-refractivity contribution is -0.124. The standard InChI is InChI=1S/C17H17NO2/c19-17(9-8-16-7-4-12-20-16)18-11-10-15(13-18)14-5-2-1-3-6-14/h1-9,12,15H,10-11,13H2/b9-8+/t15-/m0/s1. The van der Waals surface area contributed by atoms with Crippen molar-refractivity contribution in [3.05, 3.63) is 66.1 Å². The average Bonchev–Trinajstić information content (AvgIpc) is 3.17. The Morgan fingerprint density at radius 3 is 2.80 bits per heavy atom. The number of rotatable bonds is 3. The van der Waals surface area contributed by atoms with Crippen molar-refractivity contribution in [3.8, 4) is 0 Å². The summed E-state index contributed by atoms with van der Waals surface area (Å²) >= 11 is 0. The van der Waals surface area contributed by atoms with Crippen LogP contribution in [0.25, 0.3) is 6.08 Å². The molecule has 0 spiro atoms. The second kappa shape index (κ2) is 5.78. The molecule has 1 amide bonds. The Hall–Kier alpha value is -2.29. The number of amides is 1. The van der Waals surface area contributed by atoms with E-state index in [0.717, 1.165) is 19.5 Å². The van der Waals surface area contributed by atoms with Crippen molar-refractivity contribution >= 4 is 12.0 Å². The van der Waals surface area contributed by atoms with E-state index in [1.54, 1.807) is 18.4 Å². The number of likely N-dealkylation sites (tertiary alicyclic amines) is 1. The van der Waals surface area contributed by atoms with Crippen LogP contribution in [-0.2, 0) is 4.79 Å². The molecule has 1 fully saturated rings. The van der Waals surface area contributed by atoms with Gasteiger partial charge in [0.1, 0.15) is 5.76 Å². The lowest BCUT2D eigenvalue weighted by atomic mass is 9.99. The van der Waals surface area contributed by atoms with Gasteiger partial charge in [-0.15, -0.1) is 0 Å². The molecule has 3 heteroatoms. The van der Waals surface area contributed by atoms with Gasteiger partial charge in [-0.2, -0.15) is 0 Å². The third kappa shape index (κ3) is 2.82. The minimum Gasteiger partial charge on any atom is -0.465 e. The molecule has 2 heterocycles. The molecule has 1 aliphatic heterocycles. The molecule has 3 rings (SSSR count). The van der Waals surface area contributed by atoms with Gasteiger partial charge in [-0.1, -0.05) is 30.3 Å². The van der Waals surface area contributed by atoms with Crippen LogP contribution in [0.5, 0.6) is 0 Å². The molecule has 0 N–H and O–H groups in total. The van der Waals surface area contributed by atoms with Crippen LogP contribution in [0, 0.1) is 0 Å². The molecular weight excluding hydrogens is 250 g/mol. The van der Waals surface area contributed by atoms with Crippen molar-refractivity contribution in [2.45, 2.75) is 12.3 Å². The topological polar surface area (TPSA) is 33.5 Å². The van der Waals surface area contributed by atoms with Crippen LogP contribution in [0.2, 0.25) is 0 Å². The molecule has 0 bridgehead atoms. The first-order valence-corrected chi connectivity index (χ1v) is 6.88. The summed E-state index contributed by atoms with van der Waals surface area (Å²) in [6.45, 7) is 1.62. The lowest BCUT2D eigenvalue weighted by Gasteiger charge is -2.14. The van der Waals surface area contributed by atoms with Crippen molar-refractivity contribution in [1.82, 2.24) is 4.90 Å². The van der Waals surface area contributed by atoms with Crippen molar-refractivity contribution in [3.63, 3.8) is 0 Å². The zero-order valence-corrected chi connectivity index (χ0v) is 11.2. The van der Waals surface area contributed by atoms with Gasteiger partial charge in [-0.3, -0.25) is 4.79 Å². The van der Waals surface area contributed by atoms with E-state index in [9.17, 15) is 4.79 Å². The molecule has 1 atom stereocenters. The van der Waals surface area contributed by atoms with Crippen LogP contribution in [0.15, 0.2) is 59.2 Å². The largest absolute Gasteiger partial charge is 0.465 e. The maximum atomic E-state index is 12.1. The van der Waals surface area contributed by atoms with E-state index in [4.69, 9.17) is 4.42 Å². The fraction of sp³-hybridized carbons (Fsp3) is 0.235. The minimum atomic E-state index is 0.0554. The summed E-state index contributed by atoms with van der Waals surface area (Å²) in [5, 5.41) is 0. The highest BCUT2D eigenvalue weighted by Crippen LogP contribution is 2.27. The highest BCUT2D eigenvalue weighted by molar-refractivity contribution is 5.91. The lowest BCUT2D eigenvalue weighted by Crippen LogP contribution is -2.26. The SMILES string of the molecule is O=C(/C=C/c1ccco1)N1CC[C@H](c2ccccc2)C1. The van der Waals surface area contributed by atoms with Crippen molar-refractivity contribution in [1.29, 1.82) is 0 Å². The van der Waals surface area contributed by atoms with Gasteiger partial charge in [0.05, 0.1) is 6.26 Å². The van der Waals surface area contributed by atoms with Crippen LogP contribution < -0.4 is 0 Å². The third-order valence-corrected chi connectivity index (χ3v) is 3.70. The molecule has 2 aromatic rings. The number of carbonyl (C=O) groups excluding carboxylic acids is 1. The molecule has 0 unspecified atom stereocenters. The van der Waals surface area contributed by atoms with Crippen molar-refractivity contribution in [2.75, 3.05) is 13.1 Å². The van der Waals surface area contributed by atoms with Crippen LogP contribution in [0.1, 0.15) is 23.7 Å². The maximum absolute atomic E-state index is 12.1. The zero-order valence-electron chi connectivity index (χ0n) is 11.2. The second-order valence-electron chi connectivity index (χ2n) is 5.03. The predicted octanol–water partition coefficient (Wildman–Crippen LogP) is 3.31. The molecule has 1 saturated heterocycles. The van der Waals surface area contributed by atoms with E-state index in [1.165, 1.54) is 5.56 Å². The first-order chi connectivity index (χ1) is 9.83. The molecule has 20 heavy (non-hydrogen) atoms. The van der Waals surface area contributed by atoms with Crippen LogP contribution in [-0.4, -0.2) is 23.9 Å². The summed E-state index contributed by atoms with van der Waals surface area (Å²) < 4.78 is 5.18. The number of hydrogen-bond acceptors (Lipinski definition) is 2. The molecule has 102 valence electrons. The highest BCUT2D eigenvalue weighted by atomic mass is 16.3. The van der Waals surface area contributed by atoms with Gasteiger partial charge >= 0.3 is 0 Å². The van der Waals surface area contributed by atoms with Gasteiger partial charge in [-0.25, -0.2) is 0 Å². The van der Waals surface area contributed by atoms with Gasteiger partial charge in [0.2, 0.25) is 5.91 Å².